The van der Waals surface area contributed by atoms with Crippen molar-refractivity contribution in [2.45, 2.75) is 110 Å². The van der Waals surface area contributed by atoms with Crippen LogP contribution in [-0.2, 0) is 19.2 Å². The van der Waals surface area contributed by atoms with Gasteiger partial charge in [-0.15, -0.1) is 0 Å². The monoisotopic (exact) mass is 444 g/mol. The lowest BCUT2D eigenvalue weighted by Crippen LogP contribution is -2.63. The predicted molar refractivity (Wildman–Crippen MR) is 116 cm³/mol. The second-order valence-corrected chi connectivity index (χ2v) is 8.88. The van der Waals surface area contributed by atoms with Gasteiger partial charge in [-0.1, -0.05) is 78.6 Å². The molecule has 0 saturated carbocycles. The van der Waals surface area contributed by atoms with Gasteiger partial charge in [-0.3, -0.25) is 14.4 Å². The molecule has 0 aliphatic rings. The van der Waals surface area contributed by atoms with Gasteiger partial charge in [-0.2, -0.15) is 0 Å². The first-order valence-corrected chi connectivity index (χ1v) is 11.4. The third-order valence-electron chi connectivity index (χ3n) is 5.90. The fraction of sp³-hybridized carbons (Fsp3) is 0.826. The SMILES string of the molecule is CCCCCC(=O)C(CCCCCCCCC(C)C)(C(=O)O)C(O)(CC(=O)O)C(=O)O. The van der Waals surface area contributed by atoms with E-state index in [4.69, 9.17) is 5.11 Å². The van der Waals surface area contributed by atoms with Crippen LogP contribution < -0.4 is 0 Å². The Bertz CT molecular complexity index is 600. The molecule has 180 valence electrons. The number of carbonyl (C=O) groups excluding carboxylic acids is 1. The highest BCUT2D eigenvalue weighted by molar-refractivity contribution is 6.09. The molecular weight excluding hydrogens is 404 g/mol. The van der Waals surface area contributed by atoms with Gasteiger partial charge in [0.2, 0.25) is 0 Å². The number of carboxylic acids is 3. The quantitative estimate of drug-likeness (QED) is 0.170. The number of ketones is 1. The maximum Gasteiger partial charge on any atom is 0.338 e. The van der Waals surface area contributed by atoms with E-state index < -0.39 is 47.5 Å². The van der Waals surface area contributed by atoms with Crippen LogP contribution in [0.2, 0.25) is 0 Å². The minimum absolute atomic E-state index is 0.213. The highest BCUT2D eigenvalue weighted by Gasteiger charge is 2.65. The Morgan fingerprint density at radius 1 is 0.774 bits per heavy atom. The van der Waals surface area contributed by atoms with Crippen molar-refractivity contribution in [1.29, 1.82) is 0 Å². The van der Waals surface area contributed by atoms with Crippen molar-refractivity contribution in [3.05, 3.63) is 0 Å². The summed E-state index contributed by atoms with van der Waals surface area (Å²) in [7, 11) is 0. The first-order valence-electron chi connectivity index (χ1n) is 11.4. The minimum Gasteiger partial charge on any atom is -0.481 e. The number of aliphatic hydroxyl groups is 1. The summed E-state index contributed by atoms with van der Waals surface area (Å²) in [5.74, 6) is -5.75. The number of hydrogen-bond acceptors (Lipinski definition) is 5. The van der Waals surface area contributed by atoms with Crippen LogP contribution in [-0.4, -0.2) is 49.7 Å². The van der Waals surface area contributed by atoms with Crippen LogP contribution >= 0.6 is 0 Å². The zero-order valence-corrected chi connectivity index (χ0v) is 19.2. The van der Waals surface area contributed by atoms with Gasteiger partial charge in [0.15, 0.2) is 16.8 Å². The van der Waals surface area contributed by atoms with Gasteiger partial charge in [0.25, 0.3) is 0 Å². The van der Waals surface area contributed by atoms with Crippen LogP contribution in [0.5, 0.6) is 0 Å². The van der Waals surface area contributed by atoms with Crippen LogP contribution in [0, 0.1) is 11.3 Å². The molecule has 0 aromatic rings. The lowest BCUT2D eigenvalue weighted by molar-refractivity contribution is -0.196. The third-order valence-corrected chi connectivity index (χ3v) is 5.90. The van der Waals surface area contributed by atoms with E-state index in [1.165, 1.54) is 0 Å². The minimum atomic E-state index is -3.22. The number of Topliss-reactive ketones (excluding diaryl/α,β-unsaturated/α-hetero) is 1. The molecule has 0 aromatic heterocycles. The molecular formula is C23H40O8. The van der Waals surface area contributed by atoms with Gasteiger partial charge in [0.1, 0.15) is 0 Å². The summed E-state index contributed by atoms with van der Waals surface area (Å²) in [5.41, 5.74) is -5.91. The average molecular weight is 445 g/mol. The number of carbonyl (C=O) groups is 4. The van der Waals surface area contributed by atoms with E-state index in [-0.39, 0.29) is 12.8 Å². The van der Waals surface area contributed by atoms with Crippen molar-refractivity contribution < 1.29 is 39.6 Å². The Balaban J connectivity index is 5.50. The smallest absolute Gasteiger partial charge is 0.338 e. The molecule has 0 saturated heterocycles. The molecule has 0 fully saturated rings. The number of hydrogen-bond donors (Lipinski definition) is 4. The van der Waals surface area contributed by atoms with Crippen LogP contribution in [0.25, 0.3) is 0 Å². The van der Waals surface area contributed by atoms with Gasteiger partial charge in [0.05, 0.1) is 6.42 Å². The largest absolute Gasteiger partial charge is 0.481 e. The zero-order chi connectivity index (χ0) is 24.1. The van der Waals surface area contributed by atoms with Crippen LogP contribution in [0.15, 0.2) is 0 Å². The normalized spacial score (nSPS) is 15.3. The second kappa shape index (κ2) is 14.2. The van der Waals surface area contributed by atoms with Crippen molar-refractivity contribution in [1.82, 2.24) is 0 Å². The maximum atomic E-state index is 13.0. The summed E-state index contributed by atoms with van der Waals surface area (Å²) in [5, 5.41) is 39.5. The van der Waals surface area contributed by atoms with E-state index in [0.29, 0.717) is 25.2 Å². The Morgan fingerprint density at radius 3 is 1.77 bits per heavy atom. The van der Waals surface area contributed by atoms with Crippen molar-refractivity contribution in [2.75, 3.05) is 0 Å². The van der Waals surface area contributed by atoms with E-state index >= 15 is 0 Å². The first-order chi connectivity index (χ1) is 14.5. The first kappa shape index (κ1) is 29.0. The Morgan fingerprint density at radius 2 is 1.32 bits per heavy atom. The van der Waals surface area contributed by atoms with Gasteiger partial charge in [0, 0.05) is 6.42 Å². The zero-order valence-electron chi connectivity index (χ0n) is 19.2. The number of unbranched alkanes of at least 4 members (excludes halogenated alkanes) is 7. The van der Waals surface area contributed by atoms with Gasteiger partial charge < -0.3 is 20.4 Å². The van der Waals surface area contributed by atoms with Crippen LogP contribution in [0.3, 0.4) is 0 Å². The van der Waals surface area contributed by atoms with E-state index in [1.807, 2.05) is 6.92 Å². The summed E-state index contributed by atoms with van der Waals surface area (Å²) in [6.45, 7) is 6.21. The van der Waals surface area contributed by atoms with Crippen molar-refractivity contribution in [3.63, 3.8) is 0 Å². The highest BCUT2D eigenvalue weighted by Crippen LogP contribution is 2.43. The van der Waals surface area contributed by atoms with Crippen molar-refractivity contribution >= 4 is 23.7 Å². The molecule has 0 bridgehead atoms. The Hall–Kier alpha value is -1.96. The summed E-state index contributed by atoms with van der Waals surface area (Å²) in [6.07, 6.45) is 5.57. The summed E-state index contributed by atoms with van der Waals surface area (Å²) >= 11 is 0. The average Bonchev–Trinajstić information content (AvgIpc) is 2.65. The molecule has 0 radical (unpaired) electrons. The van der Waals surface area contributed by atoms with E-state index in [9.17, 15) is 34.5 Å². The maximum absolute atomic E-state index is 13.0. The topological polar surface area (TPSA) is 149 Å². The molecule has 8 nitrogen and oxygen atoms in total. The molecule has 0 amide bonds. The van der Waals surface area contributed by atoms with E-state index in [0.717, 1.165) is 38.5 Å². The van der Waals surface area contributed by atoms with Crippen LogP contribution in [0.1, 0.15) is 104 Å². The molecule has 0 aromatic carbocycles. The number of carboxylic acid groups (broad SMARTS) is 3. The van der Waals surface area contributed by atoms with Crippen molar-refractivity contribution in [3.8, 4) is 0 Å². The van der Waals surface area contributed by atoms with Crippen LogP contribution in [0.4, 0.5) is 0 Å². The van der Waals surface area contributed by atoms with E-state index in [2.05, 4.69) is 13.8 Å². The lowest BCUT2D eigenvalue weighted by atomic mass is 9.63. The Labute approximate surface area is 185 Å². The number of aliphatic carboxylic acids is 3. The van der Waals surface area contributed by atoms with Gasteiger partial charge in [-0.25, -0.2) is 4.79 Å². The summed E-state index contributed by atoms with van der Waals surface area (Å²) < 4.78 is 0. The molecule has 0 aliphatic carbocycles. The summed E-state index contributed by atoms with van der Waals surface area (Å²) in [4.78, 5) is 48.4. The fourth-order valence-corrected chi connectivity index (χ4v) is 4.01. The standard InChI is InChI=1S/C23H40O8/c1-4-5-10-14-18(24)22(20(27)28,23(31,21(29)30)16-19(25)26)15-12-9-7-6-8-11-13-17(2)3/h17,31H,4-16H2,1-3H3,(H,25,26)(H,27,28)(H,29,30). The molecule has 0 rings (SSSR count). The van der Waals surface area contributed by atoms with Crippen molar-refractivity contribution in [2.24, 2.45) is 11.3 Å². The Kier molecular flexibility index (Phi) is 13.3. The fourth-order valence-electron chi connectivity index (χ4n) is 4.01. The van der Waals surface area contributed by atoms with Gasteiger partial charge in [-0.05, 0) is 18.8 Å². The molecule has 4 N–H and O–H groups in total. The molecule has 2 atom stereocenters. The lowest BCUT2D eigenvalue weighted by Gasteiger charge is -2.39. The molecule has 2 unspecified atom stereocenters. The van der Waals surface area contributed by atoms with Gasteiger partial charge >= 0.3 is 17.9 Å². The van der Waals surface area contributed by atoms with E-state index in [1.54, 1.807) is 0 Å². The number of rotatable bonds is 19. The molecule has 0 spiro atoms. The second-order valence-electron chi connectivity index (χ2n) is 8.88. The molecule has 0 heterocycles. The highest BCUT2D eigenvalue weighted by atomic mass is 16.4. The third kappa shape index (κ3) is 8.59. The predicted octanol–water partition coefficient (Wildman–Crippen LogP) is 4.27. The molecule has 31 heavy (non-hydrogen) atoms. The molecule has 0 aliphatic heterocycles. The molecule has 8 heteroatoms. The summed E-state index contributed by atoms with van der Waals surface area (Å²) in [6, 6.07) is 0.